The van der Waals surface area contributed by atoms with Crippen LogP contribution < -0.4 is 10.6 Å². The van der Waals surface area contributed by atoms with E-state index in [1.165, 1.54) is 0 Å². The molecule has 114 valence electrons. The van der Waals surface area contributed by atoms with Crippen molar-refractivity contribution in [2.24, 2.45) is 5.92 Å². The van der Waals surface area contributed by atoms with Gasteiger partial charge in [0.1, 0.15) is 0 Å². The third-order valence-corrected chi connectivity index (χ3v) is 4.13. The van der Waals surface area contributed by atoms with E-state index < -0.39 is 0 Å². The molecular formula is C14H25N3O3. The number of hydrogen-bond donors (Lipinski definition) is 2. The van der Waals surface area contributed by atoms with E-state index in [-0.39, 0.29) is 24.1 Å². The van der Waals surface area contributed by atoms with Crippen LogP contribution in [-0.2, 0) is 9.53 Å². The Morgan fingerprint density at radius 3 is 2.85 bits per heavy atom. The predicted molar refractivity (Wildman–Crippen MR) is 75.3 cm³/mol. The molecule has 2 saturated heterocycles. The van der Waals surface area contributed by atoms with Crippen LogP contribution in [-0.4, -0.2) is 55.2 Å². The van der Waals surface area contributed by atoms with Crippen molar-refractivity contribution < 1.29 is 14.3 Å². The molecule has 0 bridgehead atoms. The minimum Gasteiger partial charge on any atom is -0.450 e. The van der Waals surface area contributed by atoms with E-state index in [9.17, 15) is 9.59 Å². The smallest absolute Gasteiger partial charge is 0.407 e. The largest absolute Gasteiger partial charge is 0.450 e. The zero-order valence-corrected chi connectivity index (χ0v) is 12.4. The first kappa shape index (κ1) is 15.1. The lowest BCUT2D eigenvalue weighted by Gasteiger charge is -2.35. The molecule has 3 atom stereocenters. The number of carbonyl (C=O) groups excluding carboxylic acids is 2. The highest BCUT2D eigenvalue weighted by molar-refractivity contribution is 5.82. The summed E-state index contributed by atoms with van der Waals surface area (Å²) in [6.07, 6.45) is 2.48. The highest BCUT2D eigenvalue weighted by Gasteiger charge is 2.34. The Morgan fingerprint density at radius 2 is 2.20 bits per heavy atom. The first-order valence-electron chi connectivity index (χ1n) is 7.57. The van der Waals surface area contributed by atoms with Gasteiger partial charge < -0.3 is 20.3 Å². The molecule has 2 heterocycles. The maximum absolute atomic E-state index is 12.5. The van der Waals surface area contributed by atoms with Gasteiger partial charge in [0.05, 0.1) is 12.6 Å². The molecule has 0 radical (unpaired) electrons. The Bertz CT molecular complexity index is 362. The van der Waals surface area contributed by atoms with Crippen LogP contribution >= 0.6 is 0 Å². The number of likely N-dealkylation sites (tertiary alicyclic amines) is 1. The minimum atomic E-state index is -0.390. The van der Waals surface area contributed by atoms with Crippen LogP contribution in [0.2, 0.25) is 0 Å². The van der Waals surface area contributed by atoms with Crippen molar-refractivity contribution in [1.29, 1.82) is 0 Å². The summed E-state index contributed by atoms with van der Waals surface area (Å²) in [5, 5.41) is 6.11. The van der Waals surface area contributed by atoms with E-state index in [0.29, 0.717) is 19.1 Å². The monoisotopic (exact) mass is 283 g/mol. The van der Waals surface area contributed by atoms with Crippen LogP contribution in [0.3, 0.4) is 0 Å². The zero-order chi connectivity index (χ0) is 14.5. The molecule has 20 heavy (non-hydrogen) atoms. The second-order valence-corrected chi connectivity index (χ2v) is 5.69. The van der Waals surface area contributed by atoms with Gasteiger partial charge in [-0.25, -0.2) is 4.79 Å². The van der Waals surface area contributed by atoms with Crippen LogP contribution in [0.15, 0.2) is 0 Å². The summed E-state index contributed by atoms with van der Waals surface area (Å²) in [7, 11) is 0. The van der Waals surface area contributed by atoms with E-state index in [0.717, 1.165) is 32.4 Å². The maximum atomic E-state index is 12.5. The summed E-state index contributed by atoms with van der Waals surface area (Å²) in [6, 6.07) is -0.0557. The zero-order valence-electron chi connectivity index (χ0n) is 12.4. The third kappa shape index (κ3) is 3.62. The van der Waals surface area contributed by atoms with Gasteiger partial charge in [-0.1, -0.05) is 6.92 Å². The van der Waals surface area contributed by atoms with Gasteiger partial charge in [0, 0.05) is 19.1 Å². The molecule has 0 saturated carbocycles. The van der Waals surface area contributed by atoms with E-state index in [1.807, 2.05) is 4.90 Å². The summed E-state index contributed by atoms with van der Waals surface area (Å²) < 4.78 is 4.89. The minimum absolute atomic E-state index is 0.00320. The van der Waals surface area contributed by atoms with Crippen LogP contribution in [0.1, 0.15) is 33.1 Å². The Hall–Kier alpha value is -1.30. The molecule has 0 aliphatic carbocycles. The highest BCUT2D eigenvalue weighted by Crippen LogP contribution is 2.19. The molecule has 2 rings (SSSR count). The van der Waals surface area contributed by atoms with Gasteiger partial charge in [-0.2, -0.15) is 0 Å². The molecule has 3 unspecified atom stereocenters. The summed E-state index contributed by atoms with van der Waals surface area (Å²) in [5.41, 5.74) is 0. The molecule has 0 aromatic heterocycles. The number of hydrogen-bond acceptors (Lipinski definition) is 4. The SMILES string of the molecule is CCOC(=O)NC1CCCN(C(=O)C2NCCC2C)C1. The lowest BCUT2D eigenvalue weighted by Crippen LogP contribution is -2.54. The quantitative estimate of drug-likeness (QED) is 0.801. The van der Waals surface area contributed by atoms with Crippen LogP contribution in [0.5, 0.6) is 0 Å². The van der Waals surface area contributed by atoms with Crippen molar-refractivity contribution in [2.75, 3.05) is 26.2 Å². The molecule has 2 fully saturated rings. The molecule has 2 N–H and O–H groups in total. The standard InChI is InChI=1S/C14H25N3O3/c1-3-20-14(19)16-11-5-4-8-17(9-11)13(18)12-10(2)6-7-15-12/h10-12,15H,3-9H2,1-2H3,(H,16,19). The Labute approximate surface area is 120 Å². The average Bonchev–Trinajstić information content (AvgIpc) is 2.84. The maximum Gasteiger partial charge on any atom is 0.407 e. The number of ether oxygens (including phenoxy) is 1. The van der Waals surface area contributed by atoms with Gasteiger partial charge in [0.2, 0.25) is 5.91 Å². The number of rotatable bonds is 3. The highest BCUT2D eigenvalue weighted by atomic mass is 16.5. The van der Waals surface area contributed by atoms with Crippen molar-refractivity contribution in [3.63, 3.8) is 0 Å². The van der Waals surface area contributed by atoms with Crippen LogP contribution in [0, 0.1) is 5.92 Å². The van der Waals surface area contributed by atoms with Crippen LogP contribution in [0.25, 0.3) is 0 Å². The number of nitrogens with zero attached hydrogens (tertiary/aromatic N) is 1. The number of alkyl carbamates (subject to hydrolysis) is 1. The fourth-order valence-corrected chi connectivity index (χ4v) is 3.00. The molecular weight excluding hydrogens is 258 g/mol. The Morgan fingerprint density at radius 1 is 1.40 bits per heavy atom. The van der Waals surface area contributed by atoms with E-state index in [1.54, 1.807) is 6.92 Å². The molecule has 6 heteroatoms. The Balaban J connectivity index is 1.86. The fraction of sp³-hybridized carbons (Fsp3) is 0.857. The molecule has 0 aromatic carbocycles. The van der Waals surface area contributed by atoms with Crippen molar-refractivity contribution in [2.45, 2.75) is 45.2 Å². The van der Waals surface area contributed by atoms with Gasteiger partial charge in [0.15, 0.2) is 0 Å². The van der Waals surface area contributed by atoms with Crippen molar-refractivity contribution in [3.8, 4) is 0 Å². The van der Waals surface area contributed by atoms with Gasteiger partial charge in [-0.3, -0.25) is 4.79 Å². The van der Waals surface area contributed by atoms with Gasteiger partial charge in [-0.15, -0.1) is 0 Å². The van der Waals surface area contributed by atoms with Gasteiger partial charge in [-0.05, 0) is 38.6 Å². The molecule has 2 aliphatic rings. The molecule has 2 aliphatic heterocycles. The average molecular weight is 283 g/mol. The summed E-state index contributed by atoms with van der Waals surface area (Å²) >= 11 is 0. The summed E-state index contributed by atoms with van der Waals surface area (Å²) in [5.74, 6) is 0.561. The molecule has 2 amide bonds. The number of nitrogens with one attached hydrogen (secondary N) is 2. The van der Waals surface area contributed by atoms with Crippen molar-refractivity contribution in [3.05, 3.63) is 0 Å². The van der Waals surface area contributed by atoms with E-state index >= 15 is 0 Å². The lowest BCUT2D eigenvalue weighted by atomic mass is 9.99. The normalized spacial score (nSPS) is 30.1. The van der Waals surface area contributed by atoms with E-state index in [4.69, 9.17) is 4.74 Å². The second-order valence-electron chi connectivity index (χ2n) is 5.69. The number of carbonyl (C=O) groups is 2. The van der Waals surface area contributed by atoms with E-state index in [2.05, 4.69) is 17.6 Å². The molecule has 6 nitrogen and oxygen atoms in total. The second kappa shape index (κ2) is 6.92. The van der Waals surface area contributed by atoms with Crippen molar-refractivity contribution in [1.82, 2.24) is 15.5 Å². The number of piperidine rings is 1. The predicted octanol–water partition coefficient (Wildman–Crippen LogP) is 0.722. The first-order valence-corrected chi connectivity index (χ1v) is 7.57. The topological polar surface area (TPSA) is 70.7 Å². The number of amides is 2. The molecule has 0 aromatic rings. The van der Waals surface area contributed by atoms with Gasteiger partial charge >= 0.3 is 6.09 Å². The first-order chi connectivity index (χ1) is 9.61. The lowest BCUT2D eigenvalue weighted by molar-refractivity contribution is -0.135. The molecule has 0 spiro atoms. The fourth-order valence-electron chi connectivity index (χ4n) is 3.00. The van der Waals surface area contributed by atoms with Crippen LogP contribution in [0.4, 0.5) is 4.79 Å². The van der Waals surface area contributed by atoms with Gasteiger partial charge in [0.25, 0.3) is 0 Å². The Kier molecular flexibility index (Phi) is 5.23. The summed E-state index contributed by atoms with van der Waals surface area (Å²) in [4.78, 5) is 25.8. The summed E-state index contributed by atoms with van der Waals surface area (Å²) in [6.45, 7) is 6.54. The van der Waals surface area contributed by atoms with Crippen molar-refractivity contribution >= 4 is 12.0 Å². The third-order valence-electron chi connectivity index (χ3n) is 4.13.